The summed E-state index contributed by atoms with van der Waals surface area (Å²) in [6.07, 6.45) is 4.19. The van der Waals surface area contributed by atoms with Crippen molar-refractivity contribution in [1.29, 1.82) is 0 Å². The van der Waals surface area contributed by atoms with Crippen molar-refractivity contribution in [2.75, 3.05) is 4.72 Å². The van der Waals surface area contributed by atoms with Gasteiger partial charge in [0.15, 0.2) is 0 Å². The summed E-state index contributed by atoms with van der Waals surface area (Å²) < 4.78 is 27.7. The zero-order valence-corrected chi connectivity index (χ0v) is 12.4. The fraction of sp³-hybridized carbons (Fsp3) is 0. The van der Waals surface area contributed by atoms with E-state index in [1.54, 1.807) is 18.3 Å². The van der Waals surface area contributed by atoms with Crippen molar-refractivity contribution in [3.05, 3.63) is 47.3 Å². The average molecular weight is 353 g/mol. The highest BCUT2D eigenvalue weighted by molar-refractivity contribution is 9.10. The molecular formula is C12H9BrN4O2S. The lowest BCUT2D eigenvalue weighted by Crippen LogP contribution is -2.12. The lowest BCUT2D eigenvalue weighted by atomic mass is 10.2. The second-order valence-corrected chi connectivity index (χ2v) is 6.67. The molecular weight excluding hydrogens is 344 g/mol. The third-order valence-electron chi connectivity index (χ3n) is 2.71. The number of sulfonamides is 1. The van der Waals surface area contributed by atoms with E-state index in [9.17, 15) is 8.42 Å². The molecule has 0 bridgehead atoms. The maximum atomic E-state index is 12.2. The molecule has 0 spiro atoms. The number of anilines is 1. The Hall–Kier alpha value is -1.93. The predicted octanol–water partition coefficient (Wildman–Crippen LogP) is 2.52. The first kappa shape index (κ1) is 13.1. The number of nitrogens with zero attached hydrogens (tertiary/aromatic N) is 2. The molecule has 2 heterocycles. The van der Waals surface area contributed by atoms with Crippen LogP contribution >= 0.6 is 15.9 Å². The highest BCUT2D eigenvalue weighted by Gasteiger charge is 2.16. The summed E-state index contributed by atoms with van der Waals surface area (Å²) in [6.45, 7) is 0. The van der Waals surface area contributed by atoms with Crippen LogP contribution < -0.4 is 4.72 Å². The molecule has 1 aromatic carbocycles. The Bertz CT molecular complexity index is 862. The van der Waals surface area contributed by atoms with Crippen LogP contribution in [0.3, 0.4) is 0 Å². The van der Waals surface area contributed by atoms with E-state index in [2.05, 4.69) is 35.8 Å². The van der Waals surface area contributed by atoms with Crippen LogP contribution in [0.4, 0.5) is 5.69 Å². The number of hydrogen-bond acceptors (Lipinski definition) is 4. The van der Waals surface area contributed by atoms with Gasteiger partial charge < -0.3 is 0 Å². The first-order valence-electron chi connectivity index (χ1n) is 5.62. The standard InChI is InChI=1S/C12H9BrN4O2S/c13-9-4-8-2-1-3-11(12(8)14-5-9)17-20(18,19)10-6-15-16-7-10/h1-7,17H,(H,15,16). The van der Waals surface area contributed by atoms with E-state index in [0.717, 1.165) is 9.86 Å². The van der Waals surface area contributed by atoms with Gasteiger partial charge in [0.25, 0.3) is 10.0 Å². The van der Waals surface area contributed by atoms with Crippen LogP contribution in [0.2, 0.25) is 0 Å². The van der Waals surface area contributed by atoms with Crippen molar-refractivity contribution in [3.8, 4) is 0 Å². The smallest absolute Gasteiger partial charge is 0.265 e. The topological polar surface area (TPSA) is 87.7 Å². The van der Waals surface area contributed by atoms with E-state index in [0.29, 0.717) is 11.2 Å². The van der Waals surface area contributed by atoms with Crippen LogP contribution in [0, 0.1) is 0 Å². The number of pyridine rings is 1. The molecule has 0 aliphatic carbocycles. The molecule has 0 fully saturated rings. The number of nitrogens with one attached hydrogen (secondary N) is 2. The van der Waals surface area contributed by atoms with Gasteiger partial charge in [0.1, 0.15) is 4.90 Å². The maximum Gasteiger partial charge on any atom is 0.265 e. The molecule has 2 aromatic heterocycles. The van der Waals surface area contributed by atoms with Crippen LogP contribution in [-0.2, 0) is 10.0 Å². The largest absolute Gasteiger partial charge is 0.284 e. The number of halogens is 1. The zero-order chi connectivity index (χ0) is 14.2. The van der Waals surface area contributed by atoms with Gasteiger partial charge in [-0.3, -0.25) is 14.8 Å². The Morgan fingerprint density at radius 3 is 2.85 bits per heavy atom. The molecule has 0 saturated heterocycles. The molecule has 0 unspecified atom stereocenters. The van der Waals surface area contributed by atoms with Gasteiger partial charge in [-0.2, -0.15) is 5.10 Å². The lowest BCUT2D eigenvalue weighted by Gasteiger charge is -2.08. The maximum absolute atomic E-state index is 12.2. The zero-order valence-electron chi connectivity index (χ0n) is 10.0. The molecule has 0 aliphatic rings. The number of H-pyrrole nitrogens is 1. The summed E-state index contributed by atoms with van der Waals surface area (Å²) in [5.74, 6) is 0. The van der Waals surface area contributed by atoms with E-state index in [1.807, 2.05) is 12.1 Å². The van der Waals surface area contributed by atoms with Crippen LogP contribution in [-0.4, -0.2) is 23.6 Å². The highest BCUT2D eigenvalue weighted by atomic mass is 79.9. The second-order valence-electron chi connectivity index (χ2n) is 4.07. The van der Waals surface area contributed by atoms with E-state index in [1.165, 1.54) is 12.4 Å². The first-order chi connectivity index (χ1) is 9.56. The summed E-state index contributed by atoms with van der Waals surface area (Å²) in [5, 5.41) is 6.95. The third-order valence-corrected chi connectivity index (χ3v) is 4.47. The van der Waals surface area contributed by atoms with Gasteiger partial charge in [-0.25, -0.2) is 8.42 Å². The highest BCUT2D eigenvalue weighted by Crippen LogP contribution is 2.25. The van der Waals surface area contributed by atoms with Gasteiger partial charge >= 0.3 is 0 Å². The summed E-state index contributed by atoms with van der Waals surface area (Å²) >= 11 is 3.34. The van der Waals surface area contributed by atoms with Crippen molar-refractivity contribution >= 4 is 42.5 Å². The van der Waals surface area contributed by atoms with E-state index in [4.69, 9.17) is 0 Å². The van der Waals surface area contributed by atoms with Crippen molar-refractivity contribution < 1.29 is 8.42 Å². The summed E-state index contributed by atoms with van der Waals surface area (Å²) in [6, 6.07) is 7.17. The van der Waals surface area contributed by atoms with Crippen molar-refractivity contribution in [3.63, 3.8) is 0 Å². The van der Waals surface area contributed by atoms with Gasteiger partial charge in [0, 0.05) is 22.3 Å². The number of fused-ring (bicyclic) bond motifs is 1. The Labute approximate surface area is 123 Å². The van der Waals surface area contributed by atoms with Gasteiger partial charge in [-0.05, 0) is 28.1 Å². The Morgan fingerprint density at radius 1 is 1.25 bits per heavy atom. The van der Waals surface area contributed by atoms with Crippen molar-refractivity contribution in [2.24, 2.45) is 0 Å². The van der Waals surface area contributed by atoms with E-state index < -0.39 is 10.0 Å². The number of benzene rings is 1. The molecule has 0 amide bonds. The number of aromatic amines is 1. The molecule has 3 rings (SSSR count). The molecule has 0 radical (unpaired) electrons. The van der Waals surface area contributed by atoms with E-state index >= 15 is 0 Å². The molecule has 0 saturated carbocycles. The van der Waals surface area contributed by atoms with Gasteiger partial charge in [0.2, 0.25) is 0 Å². The number of para-hydroxylation sites is 1. The fourth-order valence-corrected chi connectivity index (χ4v) is 3.13. The Balaban J connectivity index is 2.08. The minimum Gasteiger partial charge on any atom is -0.284 e. The predicted molar refractivity (Wildman–Crippen MR) is 78.8 cm³/mol. The van der Waals surface area contributed by atoms with E-state index in [-0.39, 0.29) is 4.90 Å². The minimum atomic E-state index is -3.67. The monoisotopic (exact) mass is 352 g/mol. The number of aromatic nitrogens is 3. The molecule has 8 heteroatoms. The minimum absolute atomic E-state index is 0.0756. The molecule has 0 aliphatic heterocycles. The quantitative estimate of drug-likeness (QED) is 0.757. The van der Waals surface area contributed by atoms with Crippen LogP contribution in [0.1, 0.15) is 0 Å². The van der Waals surface area contributed by atoms with Crippen LogP contribution in [0.15, 0.2) is 52.2 Å². The van der Waals surface area contributed by atoms with Crippen LogP contribution in [0.5, 0.6) is 0 Å². The molecule has 20 heavy (non-hydrogen) atoms. The Kier molecular flexibility index (Phi) is 3.19. The molecule has 3 aromatic rings. The lowest BCUT2D eigenvalue weighted by molar-refractivity contribution is 0.601. The van der Waals surface area contributed by atoms with Crippen molar-refractivity contribution in [2.45, 2.75) is 4.90 Å². The first-order valence-corrected chi connectivity index (χ1v) is 7.90. The third kappa shape index (κ3) is 2.39. The molecule has 0 atom stereocenters. The average Bonchev–Trinajstić information content (AvgIpc) is 2.93. The summed E-state index contributed by atoms with van der Waals surface area (Å²) in [4.78, 5) is 4.32. The number of rotatable bonds is 3. The summed E-state index contributed by atoms with van der Waals surface area (Å²) in [5.41, 5.74) is 1.01. The Morgan fingerprint density at radius 2 is 2.10 bits per heavy atom. The second kappa shape index (κ2) is 4.88. The molecule has 102 valence electrons. The number of hydrogen-bond donors (Lipinski definition) is 2. The van der Waals surface area contributed by atoms with Gasteiger partial charge in [0.05, 0.1) is 17.4 Å². The van der Waals surface area contributed by atoms with Gasteiger partial charge in [-0.1, -0.05) is 12.1 Å². The van der Waals surface area contributed by atoms with Gasteiger partial charge in [-0.15, -0.1) is 0 Å². The van der Waals surface area contributed by atoms with Crippen molar-refractivity contribution in [1.82, 2.24) is 15.2 Å². The molecule has 6 nitrogen and oxygen atoms in total. The summed E-state index contributed by atoms with van der Waals surface area (Å²) in [7, 11) is -3.67. The normalized spacial score (nSPS) is 11.7. The van der Waals surface area contributed by atoms with Crippen LogP contribution in [0.25, 0.3) is 10.9 Å². The SMILES string of the molecule is O=S(=O)(Nc1cccc2cc(Br)cnc12)c1cn[nH]c1. The fourth-order valence-electron chi connectivity index (χ4n) is 1.81. The molecule has 2 N–H and O–H groups in total.